The van der Waals surface area contributed by atoms with Gasteiger partial charge in [0.25, 0.3) is 0 Å². The van der Waals surface area contributed by atoms with Crippen molar-refractivity contribution in [2.75, 3.05) is 0 Å². The molecule has 0 aliphatic carbocycles. The lowest BCUT2D eigenvalue weighted by Crippen LogP contribution is -2.36. The van der Waals surface area contributed by atoms with Gasteiger partial charge in [0, 0.05) is 12.1 Å². The molecule has 2 atom stereocenters. The summed E-state index contributed by atoms with van der Waals surface area (Å²) in [6.45, 7) is 10.5. The summed E-state index contributed by atoms with van der Waals surface area (Å²) in [7, 11) is 0. The fourth-order valence-corrected chi connectivity index (χ4v) is 6.80. The first kappa shape index (κ1) is 43.9. The van der Waals surface area contributed by atoms with Crippen LogP contribution in [-0.2, 0) is 22.3 Å². The van der Waals surface area contributed by atoms with E-state index in [4.69, 9.17) is 9.47 Å². The monoisotopic (exact) mass is 926 g/mol. The number of halogens is 6. The van der Waals surface area contributed by atoms with Gasteiger partial charge >= 0.3 is 12.2 Å². The minimum absolute atomic E-state index is 0.0968. The number of carbonyl (C=O) groups excluding carboxylic acids is 2. The van der Waals surface area contributed by atoms with Gasteiger partial charge in [-0.25, -0.2) is 47.1 Å². The van der Waals surface area contributed by atoms with E-state index in [0.717, 1.165) is 12.1 Å². The van der Waals surface area contributed by atoms with Crippen molar-refractivity contribution < 1.29 is 36.6 Å². The lowest BCUT2D eigenvalue weighted by atomic mass is 10.0. The summed E-state index contributed by atoms with van der Waals surface area (Å²) in [5.74, 6) is -2.78. The van der Waals surface area contributed by atoms with Gasteiger partial charge in [0.1, 0.15) is 43.7 Å². The molecule has 16 heteroatoms. The molecule has 0 fully saturated rings. The summed E-state index contributed by atoms with van der Waals surface area (Å²) in [4.78, 5) is 42.9. The highest BCUT2D eigenvalue weighted by molar-refractivity contribution is 9.10. The molecule has 0 aliphatic rings. The molecule has 2 unspecified atom stereocenters. The Balaban J connectivity index is 0.000000221. The van der Waals surface area contributed by atoms with Gasteiger partial charge in [-0.1, -0.05) is 24.3 Å². The lowest BCUT2D eigenvalue weighted by molar-refractivity contribution is 0.0490. The van der Waals surface area contributed by atoms with Crippen LogP contribution in [0, 0.1) is 23.3 Å². The third-order valence-electron chi connectivity index (χ3n) is 7.87. The molecule has 2 aromatic heterocycles. The highest BCUT2D eigenvalue weighted by Gasteiger charge is 2.26. The Morgan fingerprint density at radius 3 is 1.14 bits per heavy atom. The molecule has 4 aromatic carbocycles. The van der Waals surface area contributed by atoms with E-state index in [1.165, 1.54) is 24.3 Å². The van der Waals surface area contributed by atoms with Gasteiger partial charge in [-0.05, 0) is 146 Å². The first-order valence-corrected chi connectivity index (χ1v) is 19.5. The number of benzene rings is 4. The first-order valence-electron chi connectivity index (χ1n) is 17.9. The van der Waals surface area contributed by atoms with E-state index in [0.29, 0.717) is 53.8 Å². The summed E-state index contributed by atoms with van der Waals surface area (Å²) in [6, 6.07) is 19.6. The number of nitrogens with one attached hydrogen (secondary N) is 2. The van der Waals surface area contributed by atoms with Crippen molar-refractivity contribution in [2.45, 2.75) is 77.7 Å². The number of hydrogen-bond acceptors (Lipinski definition) is 8. The second kappa shape index (κ2) is 18.6. The van der Waals surface area contributed by atoms with Crippen LogP contribution in [0.2, 0.25) is 0 Å². The molecule has 2 heterocycles. The summed E-state index contributed by atoms with van der Waals surface area (Å²) < 4.78 is 66.2. The number of alkyl carbamates (subject to hydrolysis) is 2. The number of para-hydroxylation sites is 4. The third-order valence-corrected chi connectivity index (χ3v) is 9.04. The maximum Gasteiger partial charge on any atom is 0.408 e. The zero-order valence-corrected chi connectivity index (χ0v) is 35.5. The van der Waals surface area contributed by atoms with E-state index < -0.39 is 58.7 Å². The van der Waals surface area contributed by atoms with Gasteiger partial charge in [-0.3, -0.25) is 0 Å². The number of aromatic nitrogens is 4. The molecular formula is C42H40Br2F4N6O4. The van der Waals surface area contributed by atoms with Crippen LogP contribution in [0.5, 0.6) is 0 Å². The van der Waals surface area contributed by atoms with Gasteiger partial charge in [0.2, 0.25) is 0 Å². The predicted molar refractivity (Wildman–Crippen MR) is 219 cm³/mol. The van der Waals surface area contributed by atoms with E-state index in [1.807, 2.05) is 36.4 Å². The lowest BCUT2D eigenvalue weighted by Gasteiger charge is -2.24. The van der Waals surface area contributed by atoms with Gasteiger partial charge < -0.3 is 20.1 Å². The minimum atomic E-state index is -0.725. The molecule has 2 amide bonds. The summed E-state index contributed by atoms with van der Waals surface area (Å²) >= 11 is 6.80. The topological polar surface area (TPSA) is 128 Å². The Hall–Kier alpha value is -5.22. The number of fused-ring (bicyclic) bond motifs is 2. The highest BCUT2D eigenvalue weighted by atomic mass is 79.9. The average molecular weight is 929 g/mol. The normalized spacial score (nSPS) is 12.6. The van der Waals surface area contributed by atoms with Crippen LogP contribution in [0.1, 0.15) is 76.1 Å². The molecule has 6 rings (SSSR count). The van der Waals surface area contributed by atoms with Crippen LogP contribution < -0.4 is 10.6 Å². The van der Waals surface area contributed by atoms with E-state index in [-0.39, 0.29) is 12.8 Å². The molecule has 0 radical (unpaired) electrons. The quantitative estimate of drug-likeness (QED) is 0.144. The van der Waals surface area contributed by atoms with Crippen molar-refractivity contribution in [3.63, 3.8) is 0 Å². The molecule has 2 N–H and O–H groups in total. The van der Waals surface area contributed by atoms with Gasteiger partial charge in [-0.15, -0.1) is 0 Å². The van der Waals surface area contributed by atoms with Crippen LogP contribution in [0.4, 0.5) is 27.2 Å². The van der Waals surface area contributed by atoms with Crippen molar-refractivity contribution in [3.8, 4) is 0 Å². The van der Waals surface area contributed by atoms with Gasteiger partial charge in [-0.2, -0.15) is 0 Å². The number of rotatable bonds is 8. The van der Waals surface area contributed by atoms with Gasteiger partial charge in [0.05, 0.1) is 45.5 Å². The molecule has 10 nitrogen and oxygen atoms in total. The molecule has 0 aliphatic heterocycles. The highest BCUT2D eigenvalue weighted by Crippen LogP contribution is 2.29. The van der Waals surface area contributed by atoms with E-state index >= 15 is 0 Å². The fraction of sp³-hybridized carbons (Fsp3) is 0.286. The minimum Gasteiger partial charge on any atom is -0.444 e. The van der Waals surface area contributed by atoms with E-state index in [9.17, 15) is 27.2 Å². The molecule has 0 bridgehead atoms. The Kier molecular flexibility index (Phi) is 14.1. The van der Waals surface area contributed by atoms with Crippen LogP contribution in [0.25, 0.3) is 22.1 Å². The fourth-order valence-electron chi connectivity index (χ4n) is 5.69. The standard InChI is InChI=1S/2C21H20BrF2N3O2/c2*1-21(2,3)29-20(28)27-17(10-12-8-13(23)11-14(24)9-12)18-19(22)26-16-7-5-4-6-15(16)25-18/h2*4-9,11,17H,10H2,1-3H3,(H,27,28). The largest absolute Gasteiger partial charge is 0.444 e. The summed E-state index contributed by atoms with van der Waals surface area (Å²) in [5.41, 5.74) is 2.80. The Bertz CT molecular complexity index is 2240. The number of carbonyl (C=O) groups is 2. The molecule has 0 saturated carbocycles. The summed E-state index contributed by atoms with van der Waals surface area (Å²) in [6.07, 6.45) is -1.14. The predicted octanol–water partition coefficient (Wildman–Crippen LogP) is 11.0. The summed E-state index contributed by atoms with van der Waals surface area (Å²) in [5, 5.41) is 5.49. The first-order chi connectivity index (χ1) is 27.2. The number of hydrogen-bond donors (Lipinski definition) is 2. The van der Waals surface area contributed by atoms with Gasteiger partial charge in [0.15, 0.2) is 0 Å². The molecule has 0 saturated heterocycles. The zero-order chi connectivity index (χ0) is 42.4. The van der Waals surface area contributed by atoms with Crippen LogP contribution in [0.3, 0.4) is 0 Å². The van der Waals surface area contributed by atoms with Crippen molar-refractivity contribution >= 4 is 66.1 Å². The Morgan fingerprint density at radius 1 is 0.552 bits per heavy atom. The Labute approximate surface area is 349 Å². The van der Waals surface area contributed by atoms with E-state index in [2.05, 4.69) is 62.4 Å². The average Bonchev–Trinajstić information content (AvgIpc) is 3.08. The molecule has 0 spiro atoms. The zero-order valence-electron chi connectivity index (χ0n) is 32.3. The molecular weight excluding hydrogens is 888 g/mol. The smallest absolute Gasteiger partial charge is 0.408 e. The van der Waals surface area contributed by atoms with E-state index in [1.54, 1.807) is 53.7 Å². The van der Waals surface area contributed by atoms with Crippen LogP contribution in [-0.4, -0.2) is 43.3 Å². The number of nitrogens with zero attached hydrogens (tertiary/aromatic N) is 4. The van der Waals surface area contributed by atoms with Crippen molar-refractivity contribution in [3.05, 3.63) is 140 Å². The third kappa shape index (κ3) is 12.9. The van der Waals surface area contributed by atoms with Crippen LogP contribution >= 0.6 is 31.9 Å². The molecule has 58 heavy (non-hydrogen) atoms. The SMILES string of the molecule is CC(C)(C)OC(=O)NC(Cc1cc(F)cc(F)c1)c1nc2ccccc2nc1Br.CC(C)(C)OC(=O)NC(Cc1cc(F)cc(F)c1)c1nc2ccccc2nc1Br. The van der Waals surface area contributed by atoms with Crippen molar-refractivity contribution in [2.24, 2.45) is 0 Å². The maximum absolute atomic E-state index is 13.7. The Morgan fingerprint density at radius 2 is 0.845 bits per heavy atom. The number of ether oxygens (including phenoxy) is 2. The maximum atomic E-state index is 13.7. The van der Waals surface area contributed by atoms with Crippen molar-refractivity contribution in [1.82, 2.24) is 30.6 Å². The second-order valence-electron chi connectivity index (χ2n) is 15.1. The molecule has 6 aromatic rings. The van der Waals surface area contributed by atoms with Crippen molar-refractivity contribution in [1.29, 1.82) is 0 Å². The van der Waals surface area contributed by atoms with Crippen LogP contribution in [0.15, 0.2) is 94.1 Å². The number of amides is 2. The molecule has 304 valence electrons. The second-order valence-corrected chi connectivity index (χ2v) is 16.6.